The number of hydrogen-bond acceptors (Lipinski definition) is 3. The minimum Gasteiger partial charge on any atom is -0.268 e. The first-order valence-electron chi connectivity index (χ1n) is 10.3. The van der Waals surface area contributed by atoms with Gasteiger partial charge in [-0.2, -0.15) is 10.2 Å². The quantitative estimate of drug-likeness (QED) is 0.335. The third-order valence-corrected chi connectivity index (χ3v) is 6.24. The summed E-state index contributed by atoms with van der Waals surface area (Å²) in [5.74, 6) is -0.667. The van der Waals surface area contributed by atoms with Gasteiger partial charge in [-0.05, 0) is 34.9 Å². The average Bonchev–Trinajstić information content (AvgIpc) is 3.22. The lowest BCUT2D eigenvalue weighted by molar-refractivity contribution is 0.631. The van der Waals surface area contributed by atoms with Crippen LogP contribution in [0.5, 0.6) is 0 Å². The monoisotopic (exact) mass is 457 g/mol. The zero-order valence-electron chi connectivity index (χ0n) is 17.8. The summed E-state index contributed by atoms with van der Waals surface area (Å²) >= 11 is 6.41. The highest BCUT2D eigenvalue weighted by Gasteiger charge is 2.25. The van der Waals surface area contributed by atoms with Crippen LogP contribution in [0.1, 0.15) is 12.6 Å². The normalized spacial score (nSPS) is 11.2. The third-order valence-electron chi connectivity index (χ3n) is 5.87. The van der Waals surface area contributed by atoms with Crippen LogP contribution in [0.25, 0.3) is 48.8 Å². The molecule has 0 amide bonds. The number of aromatic nitrogens is 4. The summed E-state index contributed by atoms with van der Waals surface area (Å²) in [6.07, 6.45) is 2.26. The van der Waals surface area contributed by atoms with E-state index in [4.69, 9.17) is 18.2 Å². The molecule has 2 aromatic heterocycles. The van der Waals surface area contributed by atoms with Gasteiger partial charge in [-0.3, -0.25) is 9.48 Å². The number of aromatic amines is 1. The Labute approximate surface area is 193 Å². The van der Waals surface area contributed by atoms with Crippen LogP contribution in [0.2, 0.25) is 5.02 Å². The fraction of sp³-hybridized carbons (Fsp3) is 0.120. The van der Waals surface area contributed by atoms with Crippen molar-refractivity contribution >= 4 is 38.8 Å². The van der Waals surface area contributed by atoms with Crippen molar-refractivity contribution in [1.29, 1.82) is 0 Å². The van der Waals surface area contributed by atoms with E-state index in [1.807, 2.05) is 13.0 Å². The van der Waals surface area contributed by atoms with Gasteiger partial charge in [0.15, 0.2) is 0 Å². The van der Waals surface area contributed by atoms with Crippen LogP contribution in [0, 0.1) is 12.4 Å². The van der Waals surface area contributed by atoms with Gasteiger partial charge < -0.3 is 0 Å². The van der Waals surface area contributed by atoms with Crippen molar-refractivity contribution in [2.75, 3.05) is 0 Å². The fourth-order valence-electron chi connectivity index (χ4n) is 4.28. The molecule has 0 saturated carbocycles. The first-order valence-corrected chi connectivity index (χ1v) is 10.6. The van der Waals surface area contributed by atoms with E-state index in [-0.39, 0.29) is 21.8 Å². The molecule has 0 unspecified atom stereocenters. The molecule has 5 aromatic rings. The second-order valence-corrected chi connectivity index (χ2v) is 8.03. The molecule has 0 aliphatic heterocycles. The number of hydrogen-bond donors (Lipinski definition) is 1. The second kappa shape index (κ2) is 7.84. The van der Waals surface area contributed by atoms with Crippen molar-refractivity contribution < 1.29 is 4.39 Å². The summed E-state index contributed by atoms with van der Waals surface area (Å²) in [5, 5.41) is 13.3. The summed E-state index contributed by atoms with van der Waals surface area (Å²) in [6.45, 7) is 9.76. The molecule has 0 saturated heterocycles. The smallest absolute Gasteiger partial charge is 0.268 e. The van der Waals surface area contributed by atoms with E-state index in [0.29, 0.717) is 33.8 Å². The van der Waals surface area contributed by atoms with E-state index in [9.17, 15) is 4.79 Å². The molecule has 0 bridgehead atoms. The maximum Gasteiger partial charge on any atom is 0.272 e. The Kier molecular flexibility index (Phi) is 4.95. The van der Waals surface area contributed by atoms with Crippen molar-refractivity contribution in [3.63, 3.8) is 0 Å². The van der Waals surface area contributed by atoms with Gasteiger partial charge in [0, 0.05) is 23.6 Å². The van der Waals surface area contributed by atoms with E-state index < -0.39 is 5.82 Å². The van der Waals surface area contributed by atoms with Gasteiger partial charge in [-0.25, -0.2) is 14.3 Å². The molecule has 3 aromatic carbocycles. The fourth-order valence-corrected chi connectivity index (χ4v) is 4.54. The number of H-pyrrole nitrogens is 1. The van der Waals surface area contributed by atoms with Gasteiger partial charge in [0.1, 0.15) is 5.82 Å². The summed E-state index contributed by atoms with van der Waals surface area (Å²) in [6, 6.07) is 12.4. The summed E-state index contributed by atoms with van der Waals surface area (Å²) in [4.78, 5) is 15.9. The highest BCUT2D eigenvalue weighted by atomic mass is 35.5. The molecule has 162 valence electrons. The molecular formula is C25H17ClFN5O. The third kappa shape index (κ3) is 3.11. The van der Waals surface area contributed by atoms with Crippen molar-refractivity contribution in [3.8, 4) is 22.4 Å². The topological polar surface area (TPSA) is 67.9 Å². The largest absolute Gasteiger partial charge is 0.272 e. The van der Waals surface area contributed by atoms with E-state index >= 15 is 4.39 Å². The van der Waals surface area contributed by atoms with Gasteiger partial charge in [0.05, 0.1) is 34.6 Å². The van der Waals surface area contributed by atoms with E-state index in [0.717, 1.165) is 16.6 Å². The van der Waals surface area contributed by atoms with E-state index in [1.165, 1.54) is 4.68 Å². The van der Waals surface area contributed by atoms with Crippen LogP contribution in [-0.4, -0.2) is 20.0 Å². The van der Waals surface area contributed by atoms with Crippen LogP contribution < -0.4 is 5.56 Å². The zero-order valence-corrected chi connectivity index (χ0v) is 18.5. The minimum absolute atomic E-state index is 0.0392. The van der Waals surface area contributed by atoms with Crippen LogP contribution >= 0.6 is 11.6 Å². The molecule has 33 heavy (non-hydrogen) atoms. The predicted molar refractivity (Wildman–Crippen MR) is 128 cm³/mol. The molecule has 0 spiro atoms. The van der Waals surface area contributed by atoms with Gasteiger partial charge in [-0.1, -0.05) is 48.9 Å². The molecule has 2 heterocycles. The lowest BCUT2D eigenvalue weighted by Crippen LogP contribution is -2.10. The number of halogens is 2. The number of nitrogens with zero attached hydrogens (tertiary/aromatic N) is 4. The van der Waals surface area contributed by atoms with Crippen LogP contribution in [0.4, 0.5) is 10.1 Å². The van der Waals surface area contributed by atoms with Gasteiger partial charge in [-0.15, -0.1) is 0 Å². The SMILES string of the molecule is [C-]#[N+]c1c(-c2c(-c3ccc4c(=O)[nH]nc(CC)c4c3)cnn2C)c(F)c(Cl)c2ccccc12. The van der Waals surface area contributed by atoms with Crippen molar-refractivity contribution in [2.24, 2.45) is 7.05 Å². The lowest BCUT2D eigenvalue weighted by Gasteiger charge is -2.14. The minimum atomic E-state index is -0.667. The van der Waals surface area contributed by atoms with Crippen molar-refractivity contribution in [1.82, 2.24) is 20.0 Å². The van der Waals surface area contributed by atoms with Crippen molar-refractivity contribution in [2.45, 2.75) is 13.3 Å². The Bertz CT molecular complexity index is 1680. The van der Waals surface area contributed by atoms with Gasteiger partial charge in [0.2, 0.25) is 5.69 Å². The molecule has 0 atom stereocenters. The van der Waals surface area contributed by atoms with E-state index in [1.54, 1.807) is 49.6 Å². The lowest BCUT2D eigenvalue weighted by atomic mass is 9.95. The maximum atomic E-state index is 15.7. The molecular weight excluding hydrogens is 441 g/mol. The standard InChI is InChI=1S/C25H17ClFN5O/c1-4-19-17-11-13(9-10-16(17)25(33)31-30-19)18-12-29-32(3)24(18)20-22(27)21(26)14-7-5-6-8-15(14)23(20)28-2/h5-12H,4H2,1,3H3,(H,31,33). The first-order chi connectivity index (χ1) is 16.0. The number of nitrogens with one attached hydrogen (secondary N) is 1. The Morgan fingerprint density at radius 3 is 2.64 bits per heavy atom. The van der Waals surface area contributed by atoms with Crippen molar-refractivity contribution in [3.05, 3.63) is 87.0 Å². The van der Waals surface area contributed by atoms with Gasteiger partial charge in [0.25, 0.3) is 5.56 Å². The Morgan fingerprint density at radius 2 is 1.91 bits per heavy atom. The highest BCUT2D eigenvalue weighted by Crippen LogP contribution is 2.46. The summed E-state index contributed by atoms with van der Waals surface area (Å²) in [5.41, 5.74) is 2.53. The molecule has 0 fully saturated rings. The number of benzene rings is 3. The molecule has 8 heteroatoms. The van der Waals surface area contributed by atoms with Gasteiger partial charge >= 0.3 is 0 Å². The maximum absolute atomic E-state index is 15.7. The Hall–Kier alpha value is -4.02. The molecule has 6 nitrogen and oxygen atoms in total. The van der Waals surface area contributed by atoms with Crippen LogP contribution in [0.15, 0.2) is 53.5 Å². The van der Waals surface area contributed by atoms with Crippen LogP contribution in [-0.2, 0) is 13.5 Å². The molecule has 1 N–H and O–H groups in total. The Balaban J connectivity index is 1.85. The summed E-state index contributed by atoms with van der Waals surface area (Å²) in [7, 11) is 1.69. The second-order valence-electron chi connectivity index (χ2n) is 7.65. The average molecular weight is 458 g/mol. The first kappa shape index (κ1) is 20.9. The van der Waals surface area contributed by atoms with Crippen LogP contribution in [0.3, 0.4) is 0 Å². The Morgan fingerprint density at radius 1 is 1.15 bits per heavy atom. The number of aryl methyl sites for hydroxylation is 2. The number of rotatable bonds is 3. The zero-order chi connectivity index (χ0) is 23.3. The molecule has 0 aliphatic rings. The highest BCUT2D eigenvalue weighted by molar-refractivity contribution is 6.37. The summed E-state index contributed by atoms with van der Waals surface area (Å²) < 4.78 is 17.2. The molecule has 5 rings (SSSR count). The molecule has 0 aliphatic carbocycles. The number of fused-ring (bicyclic) bond motifs is 2. The predicted octanol–water partition coefficient (Wildman–Crippen LogP) is 6.05. The molecule has 0 radical (unpaired) electrons. The van der Waals surface area contributed by atoms with E-state index in [2.05, 4.69) is 20.1 Å².